The van der Waals surface area contributed by atoms with Crippen LogP contribution < -0.4 is 10.1 Å². The summed E-state index contributed by atoms with van der Waals surface area (Å²) in [7, 11) is 2.80. The number of carboxylic acids is 1. The Morgan fingerprint density at radius 1 is 1.24 bits per heavy atom. The van der Waals surface area contributed by atoms with Crippen molar-refractivity contribution in [1.29, 1.82) is 0 Å². The predicted octanol–water partition coefficient (Wildman–Crippen LogP) is 2.52. The van der Waals surface area contributed by atoms with Gasteiger partial charge in [-0.25, -0.2) is 4.79 Å². The summed E-state index contributed by atoms with van der Waals surface area (Å²) in [6.45, 7) is 3.17. The van der Waals surface area contributed by atoms with E-state index in [2.05, 4.69) is 5.32 Å². The van der Waals surface area contributed by atoms with Gasteiger partial charge in [-0.2, -0.15) is 0 Å². The number of amides is 1. The third-order valence-electron chi connectivity index (χ3n) is 5.34. The van der Waals surface area contributed by atoms with Gasteiger partial charge >= 0.3 is 11.9 Å². The molecule has 8 heteroatoms. The van der Waals surface area contributed by atoms with Crippen LogP contribution >= 0.6 is 0 Å². The Kier molecular flexibility index (Phi) is 7.36. The fraction of sp³-hybridized carbons (Fsp3) is 0.524. The summed E-state index contributed by atoms with van der Waals surface area (Å²) in [5, 5.41) is 12.6. The maximum absolute atomic E-state index is 12.3. The van der Waals surface area contributed by atoms with Crippen molar-refractivity contribution in [2.75, 3.05) is 14.2 Å². The normalized spacial score (nSPS) is 22.0. The van der Waals surface area contributed by atoms with Crippen molar-refractivity contribution in [3.63, 3.8) is 0 Å². The fourth-order valence-electron chi connectivity index (χ4n) is 3.79. The molecule has 1 aromatic carbocycles. The number of hydrogen-bond acceptors (Lipinski definition) is 6. The van der Waals surface area contributed by atoms with Gasteiger partial charge < -0.3 is 19.9 Å². The molecular formula is C21H28N2O6. The van der Waals surface area contributed by atoms with E-state index >= 15 is 0 Å². The predicted molar refractivity (Wildman–Crippen MR) is 107 cm³/mol. The highest BCUT2D eigenvalue weighted by molar-refractivity contribution is 6.08. The molecule has 29 heavy (non-hydrogen) atoms. The van der Waals surface area contributed by atoms with Gasteiger partial charge in [-0.1, -0.05) is 12.1 Å². The Morgan fingerprint density at radius 3 is 2.41 bits per heavy atom. The van der Waals surface area contributed by atoms with Crippen LogP contribution in [0.15, 0.2) is 29.3 Å². The number of carboxylic acid groups (broad SMARTS) is 1. The van der Waals surface area contributed by atoms with E-state index in [0.717, 1.165) is 11.3 Å². The molecule has 1 saturated carbocycles. The Labute approximate surface area is 170 Å². The highest BCUT2D eigenvalue weighted by atomic mass is 16.5. The number of aliphatic imine (C=N–C) groups is 1. The number of benzene rings is 1. The molecule has 2 rings (SSSR count). The first-order valence-electron chi connectivity index (χ1n) is 9.53. The van der Waals surface area contributed by atoms with E-state index in [1.807, 2.05) is 31.2 Å². The van der Waals surface area contributed by atoms with Crippen molar-refractivity contribution in [3.8, 4) is 5.75 Å². The Hall–Kier alpha value is -2.90. The van der Waals surface area contributed by atoms with Crippen molar-refractivity contribution in [2.24, 2.45) is 10.4 Å². The minimum absolute atomic E-state index is 0.0945. The molecule has 2 N–H and O–H groups in total. The highest BCUT2D eigenvalue weighted by Crippen LogP contribution is 2.42. The Bertz CT molecular complexity index is 789. The van der Waals surface area contributed by atoms with E-state index in [4.69, 9.17) is 14.5 Å². The molecule has 1 aromatic rings. The maximum atomic E-state index is 12.3. The molecule has 1 amide bonds. The fourth-order valence-corrected chi connectivity index (χ4v) is 3.79. The number of nitrogens with zero attached hydrogens (tertiary/aromatic N) is 1. The van der Waals surface area contributed by atoms with Crippen molar-refractivity contribution < 1.29 is 29.0 Å². The molecule has 3 atom stereocenters. The average Bonchev–Trinajstić information content (AvgIpc) is 3.09. The summed E-state index contributed by atoms with van der Waals surface area (Å²) in [5.41, 5.74) is 0.144. The molecule has 0 bridgehead atoms. The van der Waals surface area contributed by atoms with Gasteiger partial charge in [0.2, 0.25) is 5.91 Å². The highest BCUT2D eigenvalue weighted by Gasteiger charge is 2.49. The van der Waals surface area contributed by atoms with Crippen LogP contribution in [0, 0.1) is 5.41 Å². The largest absolute Gasteiger partial charge is 0.497 e. The molecule has 1 fully saturated rings. The van der Waals surface area contributed by atoms with Gasteiger partial charge in [-0.15, -0.1) is 0 Å². The summed E-state index contributed by atoms with van der Waals surface area (Å²) >= 11 is 0. The molecule has 0 spiro atoms. The number of carbonyl (C=O) groups is 3. The number of methoxy groups -OCH3 is 2. The molecule has 0 heterocycles. The van der Waals surface area contributed by atoms with E-state index in [0.29, 0.717) is 25.0 Å². The molecule has 158 valence electrons. The van der Waals surface area contributed by atoms with E-state index in [-0.39, 0.29) is 12.5 Å². The molecule has 1 aliphatic carbocycles. The lowest BCUT2D eigenvalue weighted by Gasteiger charge is -2.29. The third-order valence-corrected chi connectivity index (χ3v) is 5.34. The first-order valence-corrected chi connectivity index (χ1v) is 9.53. The smallest absolute Gasteiger partial charge is 0.328 e. The third kappa shape index (κ3) is 5.13. The molecule has 0 unspecified atom stereocenters. The average molecular weight is 404 g/mol. The summed E-state index contributed by atoms with van der Waals surface area (Å²) < 4.78 is 9.92. The van der Waals surface area contributed by atoms with Crippen molar-refractivity contribution >= 4 is 23.6 Å². The summed E-state index contributed by atoms with van der Waals surface area (Å²) in [6.07, 6.45) is 1.43. The summed E-state index contributed by atoms with van der Waals surface area (Å²) in [5.74, 6) is -1.42. The molecule has 0 saturated heterocycles. The number of hydrogen-bond donors (Lipinski definition) is 2. The number of carbonyl (C=O) groups excluding carboxylic acids is 2. The van der Waals surface area contributed by atoms with Crippen LogP contribution in [0.3, 0.4) is 0 Å². The van der Waals surface area contributed by atoms with Crippen LogP contribution in [0.5, 0.6) is 5.75 Å². The standard InChI is InChI=1S/C21H28N2O6/c1-13(15-7-9-16(28-3)10-8-15)22-18-6-5-11-21(18,20(26)27)12-17(19(25)29-4)23-14(2)24/h7-10,13,17H,5-6,11-12H2,1-4H3,(H,23,24)(H,26,27)/b22-18+/t13-,17-,21-/m0/s1. The molecule has 0 radical (unpaired) electrons. The number of rotatable bonds is 8. The van der Waals surface area contributed by atoms with Crippen LogP contribution in [0.4, 0.5) is 0 Å². The molecule has 8 nitrogen and oxygen atoms in total. The second kappa shape index (κ2) is 9.54. The van der Waals surface area contributed by atoms with E-state index in [9.17, 15) is 19.5 Å². The quantitative estimate of drug-likeness (QED) is 0.644. The van der Waals surface area contributed by atoms with Crippen LogP contribution in [-0.4, -0.2) is 48.9 Å². The maximum Gasteiger partial charge on any atom is 0.328 e. The van der Waals surface area contributed by atoms with Gasteiger partial charge in [-0.3, -0.25) is 14.6 Å². The van der Waals surface area contributed by atoms with Crippen molar-refractivity contribution in [2.45, 2.75) is 51.6 Å². The van der Waals surface area contributed by atoms with Crippen molar-refractivity contribution in [1.82, 2.24) is 5.32 Å². The van der Waals surface area contributed by atoms with Gasteiger partial charge in [0.1, 0.15) is 17.2 Å². The lowest BCUT2D eigenvalue weighted by Crippen LogP contribution is -2.48. The number of ether oxygens (including phenoxy) is 2. The minimum atomic E-state index is -1.32. The van der Waals surface area contributed by atoms with Gasteiger partial charge in [0.05, 0.1) is 20.3 Å². The zero-order valence-corrected chi connectivity index (χ0v) is 17.2. The van der Waals surface area contributed by atoms with Gasteiger partial charge in [0.15, 0.2) is 0 Å². The van der Waals surface area contributed by atoms with Crippen molar-refractivity contribution in [3.05, 3.63) is 29.8 Å². The van der Waals surface area contributed by atoms with Gasteiger partial charge in [-0.05, 0) is 50.3 Å². The Morgan fingerprint density at radius 2 is 1.90 bits per heavy atom. The molecule has 1 aliphatic rings. The topological polar surface area (TPSA) is 114 Å². The van der Waals surface area contributed by atoms with Crippen LogP contribution in [-0.2, 0) is 19.1 Å². The molecule has 0 aliphatic heterocycles. The van der Waals surface area contributed by atoms with E-state index in [1.165, 1.54) is 14.0 Å². The lowest BCUT2D eigenvalue weighted by atomic mass is 9.78. The van der Waals surface area contributed by atoms with Crippen LogP contribution in [0.25, 0.3) is 0 Å². The second-order valence-corrected chi connectivity index (χ2v) is 7.25. The Balaban J connectivity index is 2.35. The summed E-state index contributed by atoms with van der Waals surface area (Å²) in [6, 6.07) is 6.13. The number of nitrogens with one attached hydrogen (secondary N) is 1. The number of aliphatic carboxylic acids is 1. The number of esters is 1. The molecular weight excluding hydrogens is 376 g/mol. The lowest BCUT2D eigenvalue weighted by molar-refractivity contribution is -0.149. The molecule has 0 aromatic heterocycles. The van der Waals surface area contributed by atoms with Gasteiger partial charge in [0, 0.05) is 12.6 Å². The van der Waals surface area contributed by atoms with Crippen LogP contribution in [0.1, 0.15) is 51.1 Å². The van der Waals surface area contributed by atoms with E-state index < -0.39 is 29.3 Å². The SMILES string of the molecule is COC(=O)[C@H](C[C@@]1(C(=O)O)CCC/C1=N\[C@@H](C)c1ccc(OC)cc1)NC(C)=O. The van der Waals surface area contributed by atoms with Gasteiger partial charge in [0.25, 0.3) is 0 Å². The second-order valence-electron chi connectivity index (χ2n) is 7.25. The zero-order chi connectivity index (χ0) is 21.6. The van der Waals surface area contributed by atoms with E-state index in [1.54, 1.807) is 7.11 Å². The summed E-state index contributed by atoms with van der Waals surface area (Å²) in [4.78, 5) is 40.7. The minimum Gasteiger partial charge on any atom is -0.497 e. The first kappa shape index (κ1) is 22.4. The first-order chi connectivity index (χ1) is 13.7. The monoisotopic (exact) mass is 404 g/mol. The van der Waals surface area contributed by atoms with Crippen LogP contribution in [0.2, 0.25) is 0 Å². The zero-order valence-electron chi connectivity index (χ0n) is 17.2.